The number of aliphatic hydroxyl groups excluding tert-OH is 2. The molecule has 0 aromatic heterocycles. The zero-order valence-corrected chi connectivity index (χ0v) is 25.3. The number of nitrogens with zero attached hydrogens (tertiary/aromatic N) is 1. The molecule has 2 aromatic rings. The van der Waals surface area contributed by atoms with E-state index in [9.17, 15) is 4.79 Å². The lowest BCUT2D eigenvalue weighted by Crippen LogP contribution is -2.42. The van der Waals surface area contributed by atoms with E-state index in [2.05, 4.69) is 80.9 Å². The van der Waals surface area contributed by atoms with E-state index in [1.165, 1.54) is 29.2 Å². The fraction of sp³-hybridized carbons (Fsp3) is 0.485. The van der Waals surface area contributed by atoms with Crippen molar-refractivity contribution in [3.05, 3.63) is 95.8 Å². The molecule has 5 heteroatoms. The van der Waals surface area contributed by atoms with Gasteiger partial charge in [0.1, 0.15) is 0 Å². The van der Waals surface area contributed by atoms with Crippen molar-refractivity contribution in [2.24, 2.45) is 0 Å². The number of allylic oxidation sites excluding steroid dienone is 1. The minimum Gasteiger partial charge on any atom is -0.513 e. The number of hydrogen-bond acceptors (Lipinski definition) is 4. The normalized spacial score (nSPS) is 13.7. The molecule has 2 atom stereocenters. The van der Waals surface area contributed by atoms with Gasteiger partial charge in [0.2, 0.25) is 5.91 Å². The molecule has 0 fully saturated rings. The average Bonchev–Trinajstić information content (AvgIpc) is 2.90. The van der Waals surface area contributed by atoms with Crippen molar-refractivity contribution in [3.63, 3.8) is 0 Å². The lowest BCUT2D eigenvalue weighted by Gasteiger charge is -2.34. The molecule has 1 unspecified atom stereocenters. The second-order valence-electron chi connectivity index (χ2n) is 8.96. The summed E-state index contributed by atoms with van der Waals surface area (Å²) in [7, 11) is 1.99. The minimum atomic E-state index is 0.167. The second kappa shape index (κ2) is 23.2. The van der Waals surface area contributed by atoms with Crippen molar-refractivity contribution >= 4 is 5.91 Å². The van der Waals surface area contributed by atoms with Gasteiger partial charge in [-0.25, -0.2) is 0 Å². The Morgan fingerprint density at radius 2 is 1.50 bits per heavy atom. The number of amides is 1. The fourth-order valence-corrected chi connectivity index (χ4v) is 3.81. The van der Waals surface area contributed by atoms with Gasteiger partial charge in [0, 0.05) is 31.7 Å². The van der Waals surface area contributed by atoms with Gasteiger partial charge >= 0.3 is 0 Å². The van der Waals surface area contributed by atoms with Gasteiger partial charge in [-0.05, 0) is 70.7 Å². The van der Waals surface area contributed by atoms with Gasteiger partial charge in [0.15, 0.2) is 0 Å². The first-order valence-corrected chi connectivity index (χ1v) is 13.8. The molecule has 1 heterocycles. The van der Waals surface area contributed by atoms with E-state index in [0.717, 1.165) is 25.8 Å². The molecule has 0 aliphatic carbocycles. The van der Waals surface area contributed by atoms with E-state index in [-0.39, 0.29) is 18.3 Å². The molecule has 0 spiro atoms. The van der Waals surface area contributed by atoms with Crippen LogP contribution in [0, 0.1) is 0 Å². The Balaban J connectivity index is 0. The molecular formula is C33H54N2O3. The van der Waals surface area contributed by atoms with E-state index in [4.69, 9.17) is 10.2 Å². The minimum absolute atomic E-state index is 0.167. The highest BCUT2D eigenvalue weighted by Crippen LogP contribution is 2.23. The second-order valence-corrected chi connectivity index (χ2v) is 8.96. The van der Waals surface area contributed by atoms with E-state index < -0.39 is 0 Å². The standard InChI is InChI=1S/C13H17NO.C13H19N.C3H6O.C2H6O.C2H6/c1-3-13(15)14-9-12-7-5-4-6-11(12)8-10(14)2;1-11(2)13(14-3)10-9-12-7-5-4-6-8-12;1-3(2)4;1-2-3;1-2/h4-7,10H,3,8-9H2,1-2H3;4-8,13-14H,1,9-10H2,2-3H3;4H,1H2,2H3;3H,2H2,1H3;1-2H3/t;13-;;;/m.0.../s1. The molecule has 0 saturated heterocycles. The number of aryl methyl sites for hydroxylation is 1. The summed E-state index contributed by atoms with van der Waals surface area (Å²) in [6.07, 6.45) is 3.82. The van der Waals surface area contributed by atoms with Crippen LogP contribution in [-0.2, 0) is 24.2 Å². The van der Waals surface area contributed by atoms with Gasteiger partial charge in [-0.1, -0.05) is 94.1 Å². The summed E-state index contributed by atoms with van der Waals surface area (Å²) in [5.74, 6) is 0.428. The number of nitrogens with one attached hydrogen (secondary N) is 1. The molecule has 2 aromatic carbocycles. The maximum atomic E-state index is 11.7. The third kappa shape index (κ3) is 16.8. The predicted octanol–water partition coefficient (Wildman–Crippen LogP) is 7.26. The SMILES string of the molecule is C=C(C)O.C=C(C)[C@H](CCc1ccccc1)NC.CC.CCC(=O)N1Cc2ccccc2CC1C.CCO. The maximum Gasteiger partial charge on any atom is 0.222 e. The third-order valence-electron chi connectivity index (χ3n) is 5.64. The lowest BCUT2D eigenvalue weighted by molar-refractivity contribution is -0.133. The Bertz CT molecular complexity index is 892. The largest absolute Gasteiger partial charge is 0.513 e. The Kier molecular flexibility index (Phi) is 22.8. The summed E-state index contributed by atoms with van der Waals surface area (Å²) in [5.41, 5.74) is 5.31. The number of carbonyl (C=O) groups excluding carboxylic acids is 1. The first-order chi connectivity index (χ1) is 18.1. The zero-order valence-electron chi connectivity index (χ0n) is 25.3. The molecule has 0 saturated carbocycles. The summed E-state index contributed by atoms with van der Waals surface area (Å²) >= 11 is 0. The Morgan fingerprint density at radius 3 is 1.95 bits per heavy atom. The molecule has 0 bridgehead atoms. The van der Waals surface area contributed by atoms with Crippen LogP contribution in [0.15, 0.2) is 79.1 Å². The van der Waals surface area contributed by atoms with Crippen LogP contribution in [0.3, 0.4) is 0 Å². The molecule has 1 aliphatic heterocycles. The Labute approximate surface area is 233 Å². The van der Waals surface area contributed by atoms with Crippen LogP contribution in [0.4, 0.5) is 0 Å². The smallest absolute Gasteiger partial charge is 0.222 e. The summed E-state index contributed by atoms with van der Waals surface area (Å²) in [4.78, 5) is 13.7. The van der Waals surface area contributed by atoms with Gasteiger partial charge < -0.3 is 20.4 Å². The van der Waals surface area contributed by atoms with Crippen molar-refractivity contribution in [1.29, 1.82) is 0 Å². The third-order valence-corrected chi connectivity index (χ3v) is 5.64. The van der Waals surface area contributed by atoms with Crippen molar-refractivity contribution in [3.8, 4) is 0 Å². The number of hydrogen-bond donors (Lipinski definition) is 3. The number of carbonyl (C=O) groups is 1. The maximum absolute atomic E-state index is 11.7. The monoisotopic (exact) mass is 526 g/mol. The van der Waals surface area contributed by atoms with Crippen LogP contribution in [0.25, 0.3) is 0 Å². The van der Waals surface area contributed by atoms with E-state index in [1.807, 2.05) is 38.8 Å². The summed E-state index contributed by atoms with van der Waals surface area (Å²) in [5, 5.41) is 18.7. The van der Waals surface area contributed by atoms with Crippen molar-refractivity contribution in [2.75, 3.05) is 13.7 Å². The summed E-state index contributed by atoms with van der Waals surface area (Å²) in [6, 6.07) is 19.8. The fourth-order valence-electron chi connectivity index (χ4n) is 3.81. The summed E-state index contributed by atoms with van der Waals surface area (Å²) < 4.78 is 0. The zero-order chi connectivity index (χ0) is 29.5. The van der Waals surface area contributed by atoms with Crippen LogP contribution in [0.2, 0.25) is 0 Å². The van der Waals surface area contributed by atoms with Gasteiger partial charge in [-0.2, -0.15) is 0 Å². The van der Waals surface area contributed by atoms with Crippen LogP contribution in [0.5, 0.6) is 0 Å². The highest BCUT2D eigenvalue weighted by molar-refractivity contribution is 5.76. The lowest BCUT2D eigenvalue weighted by atomic mass is 9.95. The number of aliphatic hydroxyl groups is 2. The first-order valence-electron chi connectivity index (χ1n) is 13.8. The molecule has 1 amide bonds. The van der Waals surface area contributed by atoms with Crippen LogP contribution >= 0.6 is 0 Å². The Hall–Kier alpha value is -2.89. The van der Waals surface area contributed by atoms with Gasteiger partial charge in [-0.15, -0.1) is 0 Å². The van der Waals surface area contributed by atoms with Crippen LogP contribution in [0.1, 0.15) is 78.0 Å². The van der Waals surface area contributed by atoms with Gasteiger partial charge in [0.25, 0.3) is 0 Å². The number of likely N-dealkylation sites (N-methyl/N-ethyl adjacent to an activating group) is 1. The van der Waals surface area contributed by atoms with Crippen molar-refractivity contribution < 1.29 is 15.0 Å². The van der Waals surface area contributed by atoms with Crippen molar-refractivity contribution in [1.82, 2.24) is 10.2 Å². The highest BCUT2D eigenvalue weighted by Gasteiger charge is 2.25. The molecule has 1 aliphatic rings. The van der Waals surface area contributed by atoms with Crippen LogP contribution in [-0.4, -0.2) is 46.8 Å². The molecule has 38 heavy (non-hydrogen) atoms. The van der Waals surface area contributed by atoms with Crippen molar-refractivity contribution in [2.45, 2.75) is 92.8 Å². The Morgan fingerprint density at radius 1 is 1.03 bits per heavy atom. The number of rotatable bonds is 6. The molecule has 0 radical (unpaired) electrons. The number of benzene rings is 2. The van der Waals surface area contributed by atoms with E-state index >= 15 is 0 Å². The highest BCUT2D eigenvalue weighted by atomic mass is 16.3. The molecule has 3 N–H and O–H groups in total. The number of fused-ring (bicyclic) bond motifs is 1. The molecule has 3 rings (SSSR count). The predicted molar refractivity (Wildman–Crippen MR) is 164 cm³/mol. The first kappa shape index (κ1) is 37.3. The van der Waals surface area contributed by atoms with Gasteiger partial charge in [-0.3, -0.25) is 4.79 Å². The van der Waals surface area contributed by atoms with Crippen LogP contribution < -0.4 is 5.32 Å². The van der Waals surface area contributed by atoms with E-state index in [0.29, 0.717) is 18.5 Å². The topological polar surface area (TPSA) is 72.8 Å². The summed E-state index contributed by atoms with van der Waals surface area (Å²) in [6.45, 7) is 21.5. The van der Waals surface area contributed by atoms with E-state index in [1.54, 1.807) is 6.92 Å². The molecule has 5 nitrogen and oxygen atoms in total. The molecule has 214 valence electrons. The van der Waals surface area contributed by atoms with Gasteiger partial charge in [0.05, 0.1) is 5.76 Å². The quantitative estimate of drug-likeness (QED) is 0.274. The average molecular weight is 527 g/mol. The molecular weight excluding hydrogens is 472 g/mol.